The molecule has 1 saturated carbocycles. The minimum absolute atomic E-state index is 0.154. The van der Waals surface area contributed by atoms with Gasteiger partial charge in [0.1, 0.15) is 5.60 Å². The molecule has 3 rings (SSSR count). The van der Waals surface area contributed by atoms with Crippen molar-refractivity contribution in [2.75, 3.05) is 13.2 Å². The van der Waals surface area contributed by atoms with Crippen molar-refractivity contribution in [3.05, 3.63) is 11.6 Å². The van der Waals surface area contributed by atoms with Crippen LogP contribution in [0.5, 0.6) is 0 Å². The van der Waals surface area contributed by atoms with E-state index in [1.807, 2.05) is 0 Å². The van der Waals surface area contributed by atoms with Gasteiger partial charge in [0.25, 0.3) is 0 Å². The van der Waals surface area contributed by atoms with Crippen molar-refractivity contribution in [1.29, 1.82) is 0 Å². The number of allylic oxidation sites excluding steroid dienone is 2. The van der Waals surface area contributed by atoms with Crippen molar-refractivity contribution in [3.63, 3.8) is 0 Å². The average molecular weight is 236 g/mol. The van der Waals surface area contributed by atoms with E-state index in [0.29, 0.717) is 11.3 Å². The topological polar surface area (TPSA) is 32.8 Å². The molecule has 1 unspecified atom stereocenters. The monoisotopic (exact) mass is 236 g/mol. The number of aliphatic hydroxyl groups is 1. The van der Waals surface area contributed by atoms with Crippen molar-refractivity contribution in [3.8, 4) is 0 Å². The van der Waals surface area contributed by atoms with E-state index in [-0.39, 0.29) is 12.2 Å². The van der Waals surface area contributed by atoms with Gasteiger partial charge in [0.2, 0.25) is 0 Å². The Morgan fingerprint density at radius 3 is 2.88 bits per heavy atom. The largest absolute Gasteiger partial charge is 0.393 e. The first kappa shape index (κ1) is 11.7. The fourth-order valence-electron chi connectivity index (χ4n) is 4.20. The van der Waals surface area contributed by atoms with E-state index in [1.54, 1.807) is 5.57 Å². The Morgan fingerprint density at radius 1 is 1.47 bits per heavy atom. The zero-order valence-electron chi connectivity index (χ0n) is 11.0. The van der Waals surface area contributed by atoms with Crippen molar-refractivity contribution in [2.24, 2.45) is 17.3 Å². The first-order valence-electron chi connectivity index (χ1n) is 7.01. The van der Waals surface area contributed by atoms with Crippen molar-refractivity contribution < 1.29 is 9.84 Å². The summed E-state index contributed by atoms with van der Waals surface area (Å²) in [5.41, 5.74) is 1.94. The standard InChI is InChI=1S/C15H24O2/c1-11-4-3-6-14(2)7-5-12(8-13(11)14)15(9-16)10-17-15/h4,12-13,16H,3,5-10H2,1-2H3/t12-,13?,14-,15+/m1/s1. The molecule has 96 valence electrons. The molecule has 0 aromatic heterocycles. The molecule has 0 amide bonds. The lowest BCUT2D eigenvalue weighted by Crippen LogP contribution is -2.42. The fraction of sp³-hybridized carbons (Fsp3) is 0.867. The van der Waals surface area contributed by atoms with Crippen molar-refractivity contribution in [2.45, 2.75) is 51.6 Å². The summed E-state index contributed by atoms with van der Waals surface area (Å²) in [7, 11) is 0. The lowest BCUT2D eigenvalue weighted by molar-refractivity contribution is 0.0291. The summed E-state index contributed by atoms with van der Waals surface area (Å²) in [5.74, 6) is 1.30. The molecule has 2 aliphatic carbocycles. The van der Waals surface area contributed by atoms with E-state index in [2.05, 4.69) is 19.9 Å². The van der Waals surface area contributed by atoms with E-state index in [0.717, 1.165) is 12.5 Å². The Morgan fingerprint density at radius 2 is 2.24 bits per heavy atom. The van der Waals surface area contributed by atoms with E-state index in [9.17, 15) is 5.11 Å². The molecule has 0 aromatic rings. The SMILES string of the molecule is CC1=CCC[C@]2(C)CC[C@@H]([C@]3(CO)CO3)CC12. The lowest BCUT2D eigenvalue weighted by Gasteiger charge is -2.48. The van der Waals surface area contributed by atoms with E-state index < -0.39 is 0 Å². The fourth-order valence-corrected chi connectivity index (χ4v) is 4.20. The van der Waals surface area contributed by atoms with Crippen LogP contribution in [-0.4, -0.2) is 23.9 Å². The molecule has 0 bridgehead atoms. The van der Waals surface area contributed by atoms with Crippen LogP contribution in [0.2, 0.25) is 0 Å². The van der Waals surface area contributed by atoms with Crippen LogP contribution in [0.3, 0.4) is 0 Å². The molecular formula is C15H24O2. The van der Waals surface area contributed by atoms with Crippen LogP contribution in [0.4, 0.5) is 0 Å². The molecule has 1 aliphatic heterocycles. The maximum absolute atomic E-state index is 9.50. The van der Waals surface area contributed by atoms with Gasteiger partial charge < -0.3 is 9.84 Å². The molecule has 1 heterocycles. The van der Waals surface area contributed by atoms with Crippen LogP contribution in [0.25, 0.3) is 0 Å². The third kappa shape index (κ3) is 1.77. The Kier molecular flexibility index (Phi) is 2.64. The number of rotatable bonds is 2. The molecule has 1 N–H and O–H groups in total. The van der Waals surface area contributed by atoms with Crippen LogP contribution < -0.4 is 0 Å². The maximum atomic E-state index is 9.50. The van der Waals surface area contributed by atoms with E-state index in [4.69, 9.17) is 4.74 Å². The highest BCUT2D eigenvalue weighted by Gasteiger charge is 2.55. The molecule has 3 aliphatic rings. The summed E-state index contributed by atoms with van der Waals surface area (Å²) in [6.07, 6.45) is 8.78. The molecule has 2 heteroatoms. The van der Waals surface area contributed by atoms with Gasteiger partial charge in [-0.3, -0.25) is 0 Å². The lowest BCUT2D eigenvalue weighted by atomic mass is 9.56. The molecule has 2 nitrogen and oxygen atoms in total. The Labute approximate surface area is 104 Å². The molecule has 0 aromatic carbocycles. The minimum Gasteiger partial charge on any atom is -0.393 e. The second-order valence-corrected chi connectivity index (χ2v) is 6.68. The summed E-state index contributed by atoms with van der Waals surface area (Å²) in [6.45, 7) is 5.75. The molecule has 0 radical (unpaired) electrons. The number of hydrogen-bond donors (Lipinski definition) is 1. The Hall–Kier alpha value is -0.340. The van der Waals surface area contributed by atoms with Crippen LogP contribution in [0, 0.1) is 17.3 Å². The molecule has 17 heavy (non-hydrogen) atoms. The predicted molar refractivity (Wildman–Crippen MR) is 67.7 cm³/mol. The Balaban J connectivity index is 1.79. The highest BCUT2D eigenvalue weighted by molar-refractivity contribution is 5.16. The van der Waals surface area contributed by atoms with Gasteiger partial charge in [0, 0.05) is 0 Å². The van der Waals surface area contributed by atoms with Crippen LogP contribution >= 0.6 is 0 Å². The summed E-state index contributed by atoms with van der Waals surface area (Å²) >= 11 is 0. The van der Waals surface area contributed by atoms with Crippen LogP contribution in [-0.2, 0) is 4.74 Å². The zero-order valence-corrected chi connectivity index (χ0v) is 11.0. The summed E-state index contributed by atoms with van der Waals surface area (Å²) in [5, 5.41) is 9.50. The minimum atomic E-state index is -0.154. The van der Waals surface area contributed by atoms with Gasteiger partial charge >= 0.3 is 0 Å². The third-order valence-electron chi connectivity index (χ3n) is 5.68. The number of fused-ring (bicyclic) bond motifs is 1. The van der Waals surface area contributed by atoms with Crippen LogP contribution in [0.1, 0.15) is 46.0 Å². The zero-order chi connectivity index (χ0) is 12.1. The first-order chi connectivity index (χ1) is 8.10. The molecule has 0 spiro atoms. The molecule has 1 saturated heterocycles. The highest BCUT2D eigenvalue weighted by Crippen LogP contribution is 2.56. The quantitative estimate of drug-likeness (QED) is 0.590. The number of aliphatic hydroxyl groups excluding tert-OH is 1. The number of hydrogen-bond acceptors (Lipinski definition) is 2. The van der Waals surface area contributed by atoms with Crippen molar-refractivity contribution in [1.82, 2.24) is 0 Å². The average Bonchev–Trinajstić information content (AvgIpc) is 3.09. The van der Waals surface area contributed by atoms with Gasteiger partial charge in [-0.05, 0) is 56.3 Å². The second-order valence-electron chi connectivity index (χ2n) is 6.68. The van der Waals surface area contributed by atoms with Gasteiger partial charge in [-0.2, -0.15) is 0 Å². The van der Waals surface area contributed by atoms with Gasteiger partial charge in [-0.15, -0.1) is 0 Å². The van der Waals surface area contributed by atoms with Crippen LogP contribution in [0.15, 0.2) is 11.6 Å². The normalized spacial score (nSPS) is 49.5. The first-order valence-corrected chi connectivity index (χ1v) is 7.01. The smallest absolute Gasteiger partial charge is 0.117 e. The van der Waals surface area contributed by atoms with Gasteiger partial charge in [0.05, 0.1) is 13.2 Å². The maximum Gasteiger partial charge on any atom is 0.117 e. The predicted octanol–water partition coefficient (Wildman–Crippen LogP) is 2.91. The summed E-state index contributed by atoms with van der Waals surface area (Å²) in [4.78, 5) is 0. The van der Waals surface area contributed by atoms with Gasteiger partial charge in [-0.25, -0.2) is 0 Å². The molecular weight excluding hydrogens is 212 g/mol. The highest BCUT2D eigenvalue weighted by atomic mass is 16.6. The van der Waals surface area contributed by atoms with Crippen molar-refractivity contribution >= 4 is 0 Å². The summed E-state index contributed by atoms with van der Waals surface area (Å²) in [6, 6.07) is 0. The molecule has 4 atom stereocenters. The number of ether oxygens (including phenoxy) is 1. The van der Waals surface area contributed by atoms with Gasteiger partial charge in [0.15, 0.2) is 0 Å². The summed E-state index contributed by atoms with van der Waals surface area (Å²) < 4.78 is 5.56. The second kappa shape index (κ2) is 3.83. The van der Waals surface area contributed by atoms with E-state index >= 15 is 0 Å². The molecule has 2 fully saturated rings. The third-order valence-corrected chi connectivity index (χ3v) is 5.68. The Bertz CT molecular complexity index is 343. The van der Waals surface area contributed by atoms with Gasteiger partial charge in [-0.1, -0.05) is 18.6 Å². The van der Waals surface area contributed by atoms with E-state index in [1.165, 1.54) is 32.1 Å². The number of epoxide rings is 1.